The van der Waals surface area contributed by atoms with Gasteiger partial charge in [-0.25, -0.2) is 0 Å². The first-order valence-corrected chi connectivity index (χ1v) is 18.2. The number of fused-ring (bicyclic) bond motifs is 11. The summed E-state index contributed by atoms with van der Waals surface area (Å²) in [5.41, 5.74) is 6.96. The van der Waals surface area contributed by atoms with Crippen molar-refractivity contribution >= 4 is 103 Å². The second-order valence-corrected chi connectivity index (χ2v) is 14.4. The molecule has 0 atom stereocenters. The number of nitrogens with zero attached hydrogens (tertiary/aromatic N) is 2. The lowest BCUT2D eigenvalue weighted by molar-refractivity contribution is 1.17. The van der Waals surface area contributed by atoms with Gasteiger partial charge in [0.2, 0.25) is 0 Å². The van der Waals surface area contributed by atoms with E-state index in [9.17, 15) is 0 Å². The summed E-state index contributed by atoms with van der Waals surface area (Å²) in [5.74, 6) is 0. The van der Waals surface area contributed by atoms with Crippen molar-refractivity contribution in [3.8, 4) is 5.69 Å². The van der Waals surface area contributed by atoms with Crippen molar-refractivity contribution in [3.63, 3.8) is 0 Å². The van der Waals surface area contributed by atoms with Crippen LogP contribution in [0.4, 0.5) is 17.1 Å². The number of hydrogen-bond donors (Lipinski definition) is 0. The van der Waals surface area contributed by atoms with Crippen LogP contribution in [0.1, 0.15) is 0 Å². The summed E-state index contributed by atoms with van der Waals surface area (Å²) in [6.45, 7) is 0. The highest BCUT2D eigenvalue weighted by molar-refractivity contribution is 7.25. The molecule has 0 amide bonds. The van der Waals surface area contributed by atoms with Crippen molar-refractivity contribution in [2.75, 3.05) is 4.90 Å². The first kappa shape index (κ1) is 28.4. The van der Waals surface area contributed by atoms with E-state index in [0.717, 1.165) is 22.7 Å². The third kappa shape index (κ3) is 4.35. The van der Waals surface area contributed by atoms with E-state index in [1.165, 1.54) is 74.3 Å². The average Bonchev–Trinajstić information content (AvgIpc) is 3.74. The van der Waals surface area contributed by atoms with E-state index in [4.69, 9.17) is 0 Å². The van der Waals surface area contributed by atoms with Gasteiger partial charge in [-0.3, -0.25) is 0 Å². The minimum Gasteiger partial charge on any atom is -0.310 e. The van der Waals surface area contributed by atoms with Crippen molar-refractivity contribution in [2.45, 2.75) is 0 Å². The zero-order chi connectivity index (χ0) is 33.5. The molecule has 0 aliphatic carbocycles. The van der Waals surface area contributed by atoms with E-state index in [1.807, 2.05) is 11.3 Å². The zero-order valence-corrected chi connectivity index (χ0v) is 28.4. The van der Waals surface area contributed by atoms with Gasteiger partial charge in [0.05, 0.1) is 11.0 Å². The summed E-state index contributed by atoms with van der Waals surface area (Å²) in [4.78, 5) is 2.41. The lowest BCUT2D eigenvalue weighted by Gasteiger charge is -2.26. The second-order valence-electron chi connectivity index (χ2n) is 13.4. The van der Waals surface area contributed by atoms with Crippen LogP contribution in [-0.2, 0) is 0 Å². The lowest BCUT2D eigenvalue weighted by Crippen LogP contribution is -2.10. The molecule has 0 aliphatic rings. The molecule has 0 aliphatic heterocycles. The van der Waals surface area contributed by atoms with Crippen LogP contribution in [0.25, 0.3) is 80.0 Å². The van der Waals surface area contributed by atoms with Gasteiger partial charge in [0, 0.05) is 53.7 Å². The maximum atomic E-state index is 2.41. The molecule has 0 bridgehead atoms. The fourth-order valence-electron chi connectivity index (χ4n) is 8.21. The summed E-state index contributed by atoms with van der Waals surface area (Å²) >= 11 is 1.86. The molecular formula is C48H30N2S. The molecule has 0 spiro atoms. The fourth-order valence-corrected chi connectivity index (χ4v) is 9.30. The number of hydrogen-bond acceptors (Lipinski definition) is 2. The van der Waals surface area contributed by atoms with Crippen molar-refractivity contribution < 1.29 is 0 Å². The molecule has 0 unspecified atom stereocenters. The normalized spacial score (nSPS) is 11.9. The van der Waals surface area contributed by atoms with Crippen molar-refractivity contribution in [2.24, 2.45) is 0 Å². The molecule has 0 saturated heterocycles. The third-order valence-corrected chi connectivity index (χ3v) is 11.7. The summed E-state index contributed by atoms with van der Waals surface area (Å²) in [6.07, 6.45) is 0. The van der Waals surface area contributed by atoms with E-state index in [2.05, 4.69) is 191 Å². The van der Waals surface area contributed by atoms with Gasteiger partial charge in [0.1, 0.15) is 0 Å². The number of thiophene rings is 1. The minimum absolute atomic E-state index is 1.11. The Hall–Kier alpha value is -6.42. The lowest BCUT2D eigenvalue weighted by atomic mass is 9.96. The fraction of sp³-hybridized carbons (Fsp3) is 0. The van der Waals surface area contributed by atoms with Crippen LogP contribution >= 0.6 is 11.3 Å². The molecule has 0 N–H and O–H groups in total. The Morgan fingerprint density at radius 3 is 1.69 bits per heavy atom. The van der Waals surface area contributed by atoms with Gasteiger partial charge in [-0.1, -0.05) is 109 Å². The standard InChI is InChI=1S/C48H30N2S/c1-2-10-38-31(9-1)17-18-32-19-20-33-29-36(25-27-39(33)48(32)38)49(37-26-28-47-43(30-37)42-13-5-8-16-46(42)51-47)34-21-23-35(24-22-34)50-44-14-6-3-11-40(44)41-12-4-7-15-45(41)50/h1-30H. The highest BCUT2D eigenvalue weighted by Crippen LogP contribution is 2.43. The molecule has 2 heterocycles. The number of benzene rings is 9. The van der Waals surface area contributed by atoms with Crippen LogP contribution in [0, 0.1) is 0 Å². The van der Waals surface area contributed by atoms with Gasteiger partial charge < -0.3 is 9.47 Å². The SMILES string of the molecule is c1ccc2c(c1)ccc1ccc3cc(N(c4ccc(-n5c6ccccc6c6ccccc65)cc4)c4ccc5sc6ccccc6c5c4)ccc3c12. The Morgan fingerprint density at radius 2 is 0.902 bits per heavy atom. The second kappa shape index (κ2) is 11.0. The van der Waals surface area contributed by atoms with Gasteiger partial charge >= 0.3 is 0 Å². The first-order valence-electron chi connectivity index (χ1n) is 17.4. The number of para-hydroxylation sites is 2. The van der Waals surface area contributed by atoms with E-state index in [0.29, 0.717) is 0 Å². The highest BCUT2D eigenvalue weighted by atomic mass is 32.1. The summed E-state index contributed by atoms with van der Waals surface area (Å²) in [7, 11) is 0. The largest absolute Gasteiger partial charge is 0.310 e. The van der Waals surface area contributed by atoms with Crippen LogP contribution in [0.15, 0.2) is 182 Å². The van der Waals surface area contributed by atoms with Crippen LogP contribution < -0.4 is 4.90 Å². The summed E-state index contributed by atoms with van der Waals surface area (Å²) in [5, 5.41) is 12.8. The quantitative estimate of drug-likeness (QED) is 0.170. The van der Waals surface area contributed by atoms with E-state index >= 15 is 0 Å². The molecule has 3 heteroatoms. The predicted octanol–water partition coefficient (Wildman–Crippen LogP) is 14.1. The summed E-state index contributed by atoms with van der Waals surface area (Å²) in [6, 6.07) is 66.8. The van der Waals surface area contributed by atoms with Gasteiger partial charge in [-0.2, -0.15) is 0 Å². The molecule has 0 radical (unpaired) electrons. The Bertz CT molecular complexity index is 3090. The first-order chi connectivity index (χ1) is 25.3. The maximum absolute atomic E-state index is 2.41. The van der Waals surface area contributed by atoms with Crippen molar-refractivity contribution in [1.29, 1.82) is 0 Å². The smallest absolute Gasteiger partial charge is 0.0541 e. The van der Waals surface area contributed by atoms with Gasteiger partial charge in [-0.15, -0.1) is 11.3 Å². The third-order valence-electron chi connectivity index (χ3n) is 10.5. The molecule has 0 fully saturated rings. The van der Waals surface area contributed by atoms with E-state index < -0.39 is 0 Å². The molecule has 2 nitrogen and oxygen atoms in total. The Kier molecular flexibility index (Phi) is 6.16. The Balaban J connectivity index is 1.12. The van der Waals surface area contributed by atoms with Gasteiger partial charge in [-0.05, 0) is 105 Å². The molecule has 2 aromatic heterocycles. The molecule has 11 aromatic rings. The van der Waals surface area contributed by atoms with E-state index in [1.54, 1.807) is 0 Å². The van der Waals surface area contributed by atoms with Crippen molar-refractivity contribution in [1.82, 2.24) is 4.57 Å². The molecule has 51 heavy (non-hydrogen) atoms. The molecule has 11 rings (SSSR count). The molecular weight excluding hydrogens is 637 g/mol. The van der Waals surface area contributed by atoms with Gasteiger partial charge in [0.15, 0.2) is 0 Å². The van der Waals surface area contributed by atoms with Gasteiger partial charge in [0.25, 0.3) is 0 Å². The van der Waals surface area contributed by atoms with E-state index in [-0.39, 0.29) is 0 Å². The molecule has 238 valence electrons. The average molecular weight is 667 g/mol. The zero-order valence-electron chi connectivity index (χ0n) is 27.6. The Morgan fingerprint density at radius 1 is 0.353 bits per heavy atom. The van der Waals surface area contributed by atoms with Crippen LogP contribution in [-0.4, -0.2) is 4.57 Å². The maximum Gasteiger partial charge on any atom is 0.0541 e. The number of anilines is 3. The topological polar surface area (TPSA) is 8.17 Å². The molecule has 0 saturated carbocycles. The van der Waals surface area contributed by atoms with Crippen molar-refractivity contribution in [3.05, 3.63) is 182 Å². The predicted molar refractivity (Wildman–Crippen MR) is 221 cm³/mol. The monoisotopic (exact) mass is 666 g/mol. The number of aromatic nitrogens is 1. The highest BCUT2D eigenvalue weighted by Gasteiger charge is 2.18. The van der Waals surface area contributed by atoms with Crippen LogP contribution in [0.2, 0.25) is 0 Å². The van der Waals surface area contributed by atoms with Crippen LogP contribution in [0.3, 0.4) is 0 Å². The minimum atomic E-state index is 1.11. The summed E-state index contributed by atoms with van der Waals surface area (Å²) < 4.78 is 5.00. The number of rotatable bonds is 4. The van der Waals surface area contributed by atoms with Crippen LogP contribution in [0.5, 0.6) is 0 Å². The molecule has 9 aromatic carbocycles. The Labute approximate surface area is 298 Å².